The van der Waals surface area contributed by atoms with Gasteiger partial charge in [0, 0.05) is 18.7 Å². The van der Waals surface area contributed by atoms with Gasteiger partial charge in [-0.3, -0.25) is 14.8 Å². The molecule has 3 rings (SSSR count). The predicted octanol–water partition coefficient (Wildman–Crippen LogP) is 2.43. The van der Waals surface area contributed by atoms with Gasteiger partial charge in [-0.1, -0.05) is 13.8 Å². The second-order valence-electron chi connectivity index (χ2n) is 7.42. The Morgan fingerprint density at radius 3 is 2.66 bits per heavy atom. The summed E-state index contributed by atoms with van der Waals surface area (Å²) in [5, 5.41) is 17.0. The van der Waals surface area contributed by atoms with Gasteiger partial charge in [-0.2, -0.15) is 5.10 Å². The lowest BCUT2D eigenvalue weighted by atomic mass is 10.1. The zero-order valence-corrected chi connectivity index (χ0v) is 17.4. The molecule has 0 fully saturated rings. The number of aromatic nitrogens is 4. The van der Waals surface area contributed by atoms with Gasteiger partial charge in [0.15, 0.2) is 0 Å². The average Bonchev–Trinajstić information content (AvgIpc) is 3.20. The van der Waals surface area contributed by atoms with Gasteiger partial charge in [0.2, 0.25) is 5.95 Å². The maximum absolute atomic E-state index is 12.9. The zero-order valence-electron chi connectivity index (χ0n) is 17.4. The molecular weight excluding hydrogens is 372 g/mol. The molecule has 1 aromatic carbocycles. The van der Waals surface area contributed by atoms with Gasteiger partial charge >= 0.3 is 0 Å². The van der Waals surface area contributed by atoms with E-state index in [2.05, 4.69) is 29.2 Å². The van der Waals surface area contributed by atoms with Crippen molar-refractivity contribution in [3.63, 3.8) is 0 Å². The van der Waals surface area contributed by atoms with Crippen LogP contribution in [0.15, 0.2) is 18.2 Å². The summed E-state index contributed by atoms with van der Waals surface area (Å²) in [5.41, 5.74) is 8.68. The minimum Gasteiger partial charge on any atom is -0.494 e. The van der Waals surface area contributed by atoms with Crippen LogP contribution in [0.25, 0.3) is 11.0 Å². The zero-order chi connectivity index (χ0) is 21.3. The van der Waals surface area contributed by atoms with Crippen molar-refractivity contribution in [2.75, 3.05) is 12.4 Å². The lowest BCUT2D eigenvalue weighted by Crippen LogP contribution is -2.20. The molecule has 2 aromatic heterocycles. The van der Waals surface area contributed by atoms with E-state index in [-0.39, 0.29) is 5.91 Å². The van der Waals surface area contributed by atoms with E-state index >= 15 is 0 Å². The van der Waals surface area contributed by atoms with Crippen LogP contribution in [0.3, 0.4) is 0 Å². The number of imidazole rings is 1. The van der Waals surface area contributed by atoms with Crippen LogP contribution < -0.4 is 15.8 Å². The van der Waals surface area contributed by atoms with Crippen LogP contribution in [0.5, 0.6) is 5.75 Å². The molecule has 2 heterocycles. The highest BCUT2D eigenvalue weighted by Gasteiger charge is 2.21. The predicted molar refractivity (Wildman–Crippen MR) is 111 cm³/mol. The molecule has 4 N–H and O–H groups in total. The minimum absolute atomic E-state index is 0.286. The largest absolute Gasteiger partial charge is 0.494 e. The molecule has 9 heteroatoms. The monoisotopic (exact) mass is 400 g/mol. The Morgan fingerprint density at radius 1 is 1.34 bits per heavy atom. The van der Waals surface area contributed by atoms with Crippen LogP contribution in [0, 0.1) is 12.8 Å². The van der Waals surface area contributed by atoms with Gasteiger partial charge in [-0.15, -0.1) is 0 Å². The molecule has 1 unspecified atom stereocenters. The highest BCUT2D eigenvalue weighted by molar-refractivity contribution is 6.03. The molecule has 0 bridgehead atoms. The molecule has 0 saturated heterocycles. The Balaban J connectivity index is 2.11. The van der Waals surface area contributed by atoms with Crippen molar-refractivity contribution in [1.82, 2.24) is 19.3 Å². The number of carbonyl (C=O) groups excluding carboxylic acids is 1. The summed E-state index contributed by atoms with van der Waals surface area (Å²) in [4.78, 5) is 17.5. The van der Waals surface area contributed by atoms with E-state index in [1.165, 1.54) is 0 Å². The Morgan fingerprint density at radius 2 is 2.07 bits per heavy atom. The standard InChI is InChI=1S/C20H28N6O3/c1-6-26-15(7-12(4)24-26)19(28)23-20-22-14-8-13(18(21)27)9-16(29-5)17(14)25(20)10-11(2)3/h7-9,11,18,27H,6,10,21H2,1-5H3,(H,22,23,28). The average molecular weight is 400 g/mol. The Kier molecular flexibility index (Phi) is 5.90. The molecule has 0 aliphatic heterocycles. The fraction of sp³-hybridized carbons (Fsp3) is 0.450. The SMILES string of the molecule is CCn1nc(C)cc1C(=O)Nc1nc2cc(C(N)O)cc(OC)c2n1CC(C)C. The van der Waals surface area contributed by atoms with Gasteiger partial charge in [0.25, 0.3) is 5.91 Å². The lowest BCUT2D eigenvalue weighted by Gasteiger charge is -2.15. The topological polar surface area (TPSA) is 120 Å². The van der Waals surface area contributed by atoms with E-state index in [0.29, 0.717) is 47.5 Å². The number of aryl methyl sites for hydroxylation is 2. The number of carbonyl (C=O) groups is 1. The summed E-state index contributed by atoms with van der Waals surface area (Å²) in [6, 6.07) is 5.14. The number of aliphatic hydroxyl groups is 1. The van der Waals surface area contributed by atoms with Gasteiger partial charge in [-0.05, 0) is 38.0 Å². The molecule has 0 aliphatic carbocycles. The van der Waals surface area contributed by atoms with Crippen LogP contribution in [0.4, 0.5) is 5.95 Å². The van der Waals surface area contributed by atoms with Crippen molar-refractivity contribution in [3.05, 3.63) is 35.2 Å². The third-order valence-electron chi connectivity index (χ3n) is 4.60. The molecule has 3 aromatic rings. The molecule has 1 atom stereocenters. The molecule has 0 spiro atoms. The van der Waals surface area contributed by atoms with E-state index in [1.54, 1.807) is 30.0 Å². The summed E-state index contributed by atoms with van der Waals surface area (Å²) >= 11 is 0. The van der Waals surface area contributed by atoms with Crippen LogP contribution in [-0.2, 0) is 13.1 Å². The maximum atomic E-state index is 12.9. The number of nitrogens with two attached hydrogens (primary N) is 1. The molecule has 0 saturated carbocycles. The van der Waals surface area contributed by atoms with Crippen molar-refractivity contribution in [2.24, 2.45) is 11.7 Å². The van der Waals surface area contributed by atoms with Crippen LogP contribution in [0.2, 0.25) is 0 Å². The van der Waals surface area contributed by atoms with Crippen molar-refractivity contribution in [1.29, 1.82) is 0 Å². The number of benzene rings is 1. The van der Waals surface area contributed by atoms with Gasteiger partial charge < -0.3 is 20.1 Å². The van der Waals surface area contributed by atoms with Crippen LogP contribution in [0.1, 0.15) is 48.7 Å². The number of hydrogen-bond acceptors (Lipinski definition) is 6. The minimum atomic E-state index is -1.15. The fourth-order valence-electron chi connectivity index (χ4n) is 3.35. The quantitative estimate of drug-likeness (QED) is 0.524. The second-order valence-corrected chi connectivity index (χ2v) is 7.42. The number of hydrogen-bond donors (Lipinski definition) is 3. The number of nitrogens with one attached hydrogen (secondary N) is 1. The van der Waals surface area contributed by atoms with Crippen molar-refractivity contribution < 1.29 is 14.6 Å². The number of amides is 1. The highest BCUT2D eigenvalue weighted by atomic mass is 16.5. The molecule has 0 radical (unpaired) electrons. The van der Waals surface area contributed by atoms with Gasteiger partial charge in [0.1, 0.15) is 23.2 Å². The van der Waals surface area contributed by atoms with Gasteiger partial charge in [0.05, 0.1) is 18.3 Å². The third-order valence-corrected chi connectivity index (χ3v) is 4.60. The summed E-state index contributed by atoms with van der Waals surface area (Å²) in [6.07, 6.45) is -1.15. The number of ether oxygens (including phenoxy) is 1. The third kappa shape index (κ3) is 4.10. The summed E-state index contributed by atoms with van der Waals surface area (Å²) in [6.45, 7) is 9.15. The summed E-state index contributed by atoms with van der Waals surface area (Å²) in [5.74, 6) is 0.953. The van der Waals surface area contributed by atoms with Crippen molar-refractivity contribution in [3.8, 4) is 5.75 Å². The first-order valence-corrected chi connectivity index (χ1v) is 9.62. The van der Waals surface area contributed by atoms with E-state index in [0.717, 1.165) is 11.2 Å². The molecular formula is C20H28N6O3. The number of nitrogens with zero attached hydrogens (tertiary/aromatic N) is 4. The molecule has 29 heavy (non-hydrogen) atoms. The first-order chi connectivity index (χ1) is 13.7. The number of anilines is 1. The summed E-state index contributed by atoms with van der Waals surface area (Å²) < 4.78 is 9.10. The van der Waals surface area contributed by atoms with Crippen LogP contribution >= 0.6 is 0 Å². The first kappa shape index (κ1) is 20.8. The lowest BCUT2D eigenvalue weighted by molar-refractivity contribution is 0.101. The smallest absolute Gasteiger partial charge is 0.276 e. The normalized spacial score (nSPS) is 12.6. The number of fused-ring (bicyclic) bond motifs is 1. The van der Waals surface area contributed by atoms with E-state index in [9.17, 15) is 9.90 Å². The Labute approximate surface area is 169 Å². The van der Waals surface area contributed by atoms with Crippen molar-refractivity contribution in [2.45, 2.75) is 47.0 Å². The molecule has 156 valence electrons. The number of rotatable bonds is 7. The first-order valence-electron chi connectivity index (χ1n) is 9.62. The van der Waals surface area contributed by atoms with E-state index in [1.807, 2.05) is 18.4 Å². The molecule has 1 amide bonds. The Hall–Kier alpha value is -2.91. The summed E-state index contributed by atoms with van der Waals surface area (Å²) in [7, 11) is 1.55. The van der Waals surface area contributed by atoms with Crippen molar-refractivity contribution >= 4 is 22.9 Å². The molecule has 9 nitrogen and oxygen atoms in total. The number of methoxy groups -OCH3 is 1. The molecule has 0 aliphatic rings. The number of aliphatic hydroxyl groups excluding tert-OH is 1. The second kappa shape index (κ2) is 8.22. The Bertz CT molecular complexity index is 1030. The van der Waals surface area contributed by atoms with Crippen LogP contribution in [-0.4, -0.2) is 37.5 Å². The van der Waals surface area contributed by atoms with Gasteiger partial charge in [-0.25, -0.2) is 4.98 Å². The maximum Gasteiger partial charge on any atom is 0.276 e. The fourth-order valence-corrected chi connectivity index (χ4v) is 3.35. The van der Waals surface area contributed by atoms with E-state index in [4.69, 9.17) is 10.5 Å². The highest BCUT2D eigenvalue weighted by Crippen LogP contribution is 2.32. The van der Waals surface area contributed by atoms with E-state index < -0.39 is 6.23 Å².